The van der Waals surface area contributed by atoms with Gasteiger partial charge in [-0.25, -0.2) is 9.59 Å². The van der Waals surface area contributed by atoms with Crippen LogP contribution in [-0.4, -0.2) is 39.8 Å². The molecule has 1 fully saturated rings. The fourth-order valence-electron chi connectivity index (χ4n) is 2.27. The van der Waals surface area contributed by atoms with Crippen LogP contribution in [0.5, 0.6) is 0 Å². The van der Waals surface area contributed by atoms with Gasteiger partial charge in [0.05, 0.1) is 0 Å². The summed E-state index contributed by atoms with van der Waals surface area (Å²) in [4.78, 5) is 33.1. The highest BCUT2D eigenvalue weighted by molar-refractivity contribution is 5.83. The first-order valence-corrected chi connectivity index (χ1v) is 6.36. The number of hydrogen-bond acceptors (Lipinski definition) is 3. The van der Waals surface area contributed by atoms with Crippen molar-refractivity contribution in [1.29, 1.82) is 0 Å². The molecule has 0 radical (unpaired) electrons. The second-order valence-electron chi connectivity index (χ2n) is 5.19. The lowest BCUT2D eigenvalue weighted by atomic mass is 10.0. The van der Waals surface area contributed by atoms with Crippen LogP contribution < -0.4 is 10.6 Å². The summed E-state index contributed by atoms with van der Waals surface area (Å²) >= 11 is 0. The molecule has 1 aliphatic carbocycles. The van der Waals surface area contributed by atoms with E-state index >= 15 is 0 Å². The Morgan fingerprint density at radius 1 is 1.21 bits per heavy atom. The Morgan fingerprint density at radius 3 is 2.26 bits per heavy atom. The molecule has 0 aromatic heterocycles. The van der Waals surface area contributed by atoms with Gasteiger partial charge >= 0.3 is 18.0 Å². The summed E-state index contributed by atoms with van der Waals surface area (Å²) in [5.41, 5.74) is -0.292. The minimum atomic E-state index is -1.23. The van der Waals surface area contributed by atoms with Gasteiger partial charge in [0.15, 0.2) is 0 Å². The normalized spacial score (nSPS) is 18.6. The SMILES string of the molecule is CC1(NC(=O)NC(CCC(=O)O)C(=O)O)CCCC1. The first-order chi connectivity index (χ1) is 8.82. The first-order valence-electron chi connectivity index (χ1n) is 6.36. The smallest absolute Gasteiger partial charge is 0.326 e. The van der Waals surface area contributed by atoms with Gasteiger partial charge < -0.3 is 20.8 Å². The van der Waals surface area contributed by atoms with E-state index in [1.165, 1.54) is 0 Å². The highest BCUT2D eigenvalue weighted by Gasteiger charge is 2.31. The van der Waals surface area contributed by atoms with E-state index in [9.17, 15) is 14.4 Å². The van der Waals surface area contributed by atoms with Crippen molar-refractivity contribution in [3.8, 4) is 0 Å². The minimum Gasteiger partial charge on any atom is -0.481 e. The first kappa shape index (κ1) is 15.3. The van der Waals surface area contributed by atoms with Gasteiger partial charge in [0.2, 0.25) is 0 Å². The molecule has 1 rings (SSSR count). The Hall–Kier alpha value is -1.79. The molecule has 1 atom stereocenters. The van der Waals surface area contributed by atoms with Crippen LogP contribution in [0.15, 0.2) is 0 Å². The van der Waals surface area contributed by atoms with Crippen LogP contribution in [0.3, 0.4) is 0 Å². The molecule has 0 bridgehead atoms. The number of carboxylic acid groups (broad SMARTS) is 2. The minimum absolute atomic E-state index is 0.130. The summed E-state index contributed by atoms with van der Waals surface area (Å²) < 4.78 is 0. The van der Waals surface area contributed by atoms with Gasteiger partial charge in [-0.1, -0.05) is 12.8 Å². The Balaban J connectivity index is 2.46. The van der Waals surface area contributed by atoms with E-state index < -0.39 is 24.0 Å². The van der Waals surface area contributed by atoms with Crippen molar-refractivity contribution < 1.29 is 24.6 Å². The van der Waals surface area contributed by atoms with Crippen molar-refractivity contribution in [3.63, 3.8) is 0 Å². The molecule has 7 heteroatoms. The number of nitrogens with one attached hydrogen (secondary N) is 2. The van der Waals surface area contributed by atoms with E-state index in [1.807, 2.05) is 6.92 Å². The third kappa shape index (κ3) is 5.15. The van der Waals surface area contributed by atoms with Crippen LogP contribution in [0, 0.1) is 0 Å². The average Bonchev–Trinajstić information content (AvgIpc) is 2.70. The maximum atomic E-state index is 11.7. The number of urea groups is 1. The lowest BCUT2D eigenvalue weighted by Gasteiger charge is -2.26. The Labute approximate surface area is 111 Å². The molecule has 19 heavy (non-hydrogen) atoms. The van der Waals surface area contributed by atoms with Crippen molar-refractivity contribution in [3.05, 3.63) is 0 Å². The van der Waals surface area contributed by atoms with Crippen molar-refractivity contribution >= 4 is 18.0 Å². The van der Waals surface area contributed by atoms with E-state index in [2.05, 4.69) is 10.6 Å². The van der Waals surface area contributed by atoms with Gasteiger partial charge in [-0.05, 0) is 26.2 Å². The molecule has 0 spiro atoms. The predicted octanol–water partition coefficient (Wildman–Crippen LogP) is 0.936. The third-order valence-corrected chi connectivity index (χ3v) is 3.37. The zero-order valence-electron chi connectivity index (χ0n) is 10.9. The maximum Gasteiger partial charge on any atom is 0.326 e. The zero-order valence-corrected chi connectivity index (χ0v) is 10.9. The molecule has 108 valence electrons. The summed E-state index contributed by atoms with van der Waals surface area (Å²) in [6, 6.07) is -1.73. The van der Waals surface area contributed by atoms with Gasteiger partial charge in [-0.15, -0.1) is 0 Å². The van der Waals surface area contributed by atoms with Gasteiger partial charge in [0.25, 0.3) is 0 Å². The number of hydrogen-bond donors (Lipinski definition) is 4. The van der Waals surface area contributed by atoms with Gasteiger partial charge in [0, 0.05) is 12.0 Å². The van der Waals surface area contributed by atoms with Crippen LogP contribution in [0.2, 0.25) is 0 Å². The van der Waals surface area contributed by atoms with Crippen LogP contribution in [0.25, 0.3) is 0 Å². The summed E-state index contributed by atoms with van der Waals surface area (Å²) in [7, 11) is 0. The van der Waals surface area contributed by atoms with E-state index in [1.54, 1.807) is 0 Å². The number of carbonyl (C=O) groups excluding carboxylic acids is 1. The molecule has 0 saturated heterocycles. The van der Waals surface area contributed by atoms with Crippen LogP contribution in [0.4, 0.5) is 4.79 Å². The van der Waals surface area contributed by atoms with Crippen molar-refractivity contribution in [1.82, 2.24) is 10.6 Å². The lowest BCUT2D eigenvalue weighted by Crippen LogP contribution is -2.53. The van der Waals surface area contributed by atoms with Crippen molar-refractivity contribution in [2.24, 2.45) is 0 Å². The summed E-state index contributed by atoms with van der Waals surface area (Å²) in [5, 5.41) is 22.5. The molecular weight excluding hydrogens is 252 g/mol. The number of carboxylic acids is 2. The molecular formula is C12H20N2O5. The molecule has 0 aromatic rings. The standard InChI is InChI=1S/C12H20N2O5/c1-12(6-2-3-7-12)14-11(19)13-8(10(17)18)4-5-9(15)16/h8H,2-7H2,1H3,(H,15,16)(H,17,18)(H2,13,14,19). The van der Waals surface area contributed by atoms with E-state index in [0.717, 1.165) is 25.7 Å². The number of aliphatic carboxylic acids is 2. The van der Waals surface area contributed by atoms with E-state index in [4.69, 9.17) is 10.2 Å². The largest absolute Gasteiger partial charge is 0.481 e. The molecule has 1 saturated carbocycles. The van der Waals surface area contributed by atoms with Gasteiger partial charge in [-0.2, -0.15) is 0 Å². The highest BCUT2D eigenvalue weighted by atomic mass is 16.4. The topological polar surface area (TPSA) is 116 Å². The Kier molecular flexibility index (Phi) is 5.14. The molecule has 4 N–H and O–H groups in total. The number of amides is 2. The molecule has 7 nitrogen and oxygen atoms in total. The van der Waals surface area contributed by atoms with Gasteiger partial charge in [-0.3, -0.25) is 4.79 Å². The zero-order chi connectivity index (χ0) is 14.5. The summed E-state index contributed by atoms with van der Waals surface area (Å²) in [6.45, 7) is 1.92. The van der Waals surface area contributed by atoms with Crippen molar-refractivity contribution in [2.75, 3.05) is 0 Å². The molecule has 1 unspecified atom stereocenters. The molecule has 1 aliphatic rings. The lowest BCUT2D eigenvalue weighted by molar-refractivity contribution is -0.140. The Bertz CT molecular complexity index is 363. The van der Waals surface area contributed by atoms with Gasteiger partial charge in [0.1, 0.15) is 6.04 Å². The van der Waals surface area contributed by atoms with Crippen molar-refractivity contribution in [2.45, 2.75) is 57.0 Å². The van der Waals surface area contributed by atoms with Crippen LogP contribution in [-0.2, 0) is 9.59 Å². The average molecular weight is 272 g/mol. The monoisotopic (exact) mass is 272 g/mol. The molecule has 0 heterocycles. The quantitative estimate of drug-likeness (QED) is 0.574. The van der Waals surface area contributed by atoms with E-state index in [-0.39, 0.29) is 18.4 Å². The summed E-state index contributed by atoms with van der Waals surface area (Å²) in [6.07, 6.45) is 3.39. The predicted molar refractivity (Wildman–Crippen MR) is 66.8 cm³/mol. The summed E-state index contributed by atoms with van der Waals surface area (Å²) in [5.74, 6) is -2.32. The second-order valence-corrected chi connectivity index (χ2v) is 5.19. The molecule has 0 aromatic carbocycles. The van der Waals surface area contributed by atoms with Crippen LogP contribution in [0.1, 0.15) is 45.4 Å². The fourth-order valence-corrected chi connectivity index (χ4v) is 2.27. The number of rotatable bonds is 6. The fraction of sp³-hybridized carbons (Fsp3) is 0.750. The molecule has 2 amide bonds. The highest BCUT2D eigenvalue weighted by Crippen LogP contribution is 2.28. The van der Waals surface area contributed by atoms with Crippen LogP contribution >= 0.6 is 0 Å². The maximum absolute atomic E-state index is 11.7. The molecule has 0 aliphatic heterocycles. The Morgan fingerprint density at radius 2 is 1.79 bits per heavy atom. The number of carbonyl (C=O) groups is 3. The van der Waals surface area contributed by atoms with E-state index in [0.29, 0.717) is 0 Å². The third-order valence-electron chi connectivity index (χ3n) is 3.37. The second kappa shape index (κ2) is 6.40.